The number of aliphatic carboxylic acids is 1. The Morgan fingerprint density at radius 2 is 2.05 bits per heavy atom. The summed E-state index contributed by atoms with van der Waals surface area (Å²) in [6, 6.07) is 3.73. The molecule has 1 aromatic rings. The number of rotatable bonds is 3. The third-order valence-corrected chi connectivity index (χ3v) is 3.66. The standard InChI is InChI=1S/C14H18N2O3/c1-10-2-3-12(14(18)19)9-16(10)13(17)8-11-4-6-15-7-5-11/h4-7,10,12H,2-3,8-9H2,1H3,(H,18,19)/t10-,12+/m0/s1. The van der Waals surface area contributed by atoms with E-state index in [2.05, 4.69) is 4.98 Å². The zero-order valence-electron chi connectivity index (χ0n) is 11.0. The Bertz CT molecular complexity index is 461. The smallest absolute Gasteiger partial charge is 0.308 e. The molecule has 2 heterocycles. The third kappa shape index (κ3) is 3.30. The molecule has 0 aromatic carbocycles. The molecule has 0 spiro atoms. The van der Waals surface area contributed by atoms with E-state index < -0.39 is 11.9 Å². The maximum absolute atomic E-state index is 12.3. The molecule has 1 N–H and O–H groups in total. The fourth-order valence-corrected chi connectivity index (χ4v) is 2.43. The largest absolute Gasteiger partial charge is 0.481 e. The Morgan fingerprint density at radius 3 is 2.68 bits per heavy atom. The normalized spacial score (nSPS) is 23.1. The van der Waals surface area contributed by atoms with Crippen molar-refractivity contribution in [2.24, 2.45) is 5.92 Å². The molecule has 0 unspecified atom stereocenters. The summed E-state index contributed by atoms with van der Waals surface area (Å²) >= 11 is 0. The first-order valence-corrected chi connectivity index (χ1v) is 6.49. The van der Waals surface area contributed by atoms with Gasteiger partial charge in [-0.3, -0.25) is 14.6 Å². The highest BCUT2D eigenvalue weighted by Crippen LogP contribution is 2.22. The number of carbonyl (C=O) groups excluding carboxylic acids is 1. The number of hydrogen-bond donors (Lipinski definition) is 1. The summed E-state index contributed by atoms with van der Waals surface area (Å²) in [5.41, 5.74) is 0.907. The van der Waals surface area contributed by atoms with Gasteiger partial charge in [0.05, 0.1) is 12.3 Å². The molecule has 1 aromatic heterocycles. The van der Waals surface area contributed by atoms with Crippen LogP contribution in [0.15, 0.2) is 24.5 Å². The van der Waals surface area contributed by atoms with Gasteiger partial charge in [-0.05, 0) is 37.5 Å². The zero-order valence-corrected chi connectivity index (χ0v) is 11.0. The summed E-state index contributed by atoms with van der Waals surface area (Å²) in [6.07, 6.45) is 5.01. The number of pyridine rings is 1. The van der Waals surface area contributed by atoms with Crippen molar-refractivity contribution >= 4 is 11.9 Å². The number of likely N-dealkylation sites (tertiary alicyclic amines) is 1. The molecule has 0 aliphatic carbocycles. The van der Waals surface area contributed by atoms with Gasteiger partial charge >= 0.3 is 5.97 Å². The average Bonchev–Trinajstić information content (AvgIpc) is 2.40. The van der Waals surface area contributed by atoms with Crippen LogP contribution in [0.5, 0.6) is 0 Å². The van der Waals surface area contributed by atoms with E-state index >= 15 is 0 Å². The van der Waals surface area contributed by atoms with Gasteiger partial charge in [0.1, 0.15) is 0 Å². The number of nitrogens with zero attached hydrogens (tertiary/aromatic N) is 2. The van der Waals surface area contributed by atoms with E-state index in [1.165, 1.54) is 0 Å². The molecule has 5 nitrogen and oxygen atoms in total. The van der Waals surface area contributed by atoms with Gasteiger partial charge in [0, 0.05) is 25.0 Å². The first kappa shape index (κ1) is 13.5. The molecular formula is C14H18N2O3. The van der Waals surface area contributed by atoms with E-state index in [0.717, 1.165) is 12.0 Å². The summed E-state index contributed by atoms with van der Waals surface area (Å²) in [5.74, 6) is -1.25. The van der Waals surface area contributed by atoms with Crippen LogP contribution in [-0.2, 0) is 16.0 Å². The highest BCUT2D eigenvalue weighted by Gasteiger charge is 2.32. The lowest BCUT2D eigenvalue weighted by Gasteiger charge is -2.36. The minimum absolute atomic E-state index is 0.00958. The molecule has 102 valence electrons. The van der Waals surface area contributed by atoms with Crippen molar-refractivity contribution in [3.63, 3.8) is 0 Å². The van der Waals surface area contributed by atoms with Crippen molar-refractivity contribution in [3.8, 4) is 0 Å². The number of hydrogen-bond acceptors (Lipinski definition) is 3. The van der Waals surface area contributed by atoms with Gasteiger partial charge in [-0.1, -0.05) is 0 Å². The van der Waals surface area contributed by atoms with Crippen LogP contribution in [0.25, 0.3) is 0 Å². The second-order valence-electron chi connectivity index (χ2n) is 5.04. The molecule has 0 bridgehead atoms. The van der Waals surface area contributed by atoms with Gasteiger partial charge in [0.25, 0.3) is 0 Å². The molecule has 0 radical (unpaired) electrons. The lowest BCUT2D eigenvalue weighted by molar-refractivity contribution is -0.146. The van der Waals surface area contributed by atoms with Gasteiger partial charge in [-0.15, -0.1) is 0 Å². The van der Waals surface area contributed by atoms with E-state index in [0.29, 0.717) is 19.4 Å². The van der Waals surface area contributed by atoms with E-state index in [1.54, 1.807) is 29.4 Å². The van der Waals surface area contributed by atoms with Crippen molar-refractivity contribution in [2.75, 3.05) is 6.54 Å². The van der Waals surface area contributed by atoms with Crippen LogP contribution in [0.1, 0.15) is 25.3 Å². The summed E-state index contributed by atoms with van der Waals surface area (Å²) in [5, 5.41) is 9.07. The molecule has 1 amide bonds. The maximum Gasteiger partial charge on any atom is 0.308 e. The lowest BCUT2D eigenvalue weighted by Crippen LogP contribution is -2.47. The van der Waals surface area contributed by atoms with Crippen LogP contribution in [0.4, 0.5) is 0 Å². The molecule has 1 aliphatic heterocycles. The molecule has 1 saturated heterocycles. The maximum atomic E-state index is 12.3. The number of piperidine rings is 1. The first-order valence-electron chi connectivity index (χ1n) is 6.49. The molecule has 2 atom stereocenters. The number of carbonyl (C=O) groups is 2. The Hall–Kier alpha value is -1.91. The minimum atomic E-state index is -0.811. The topological polar surface area (TPSA) is 70.5 Å². The summed E-state index contributed by atoms with van der Waals surface area (Å²) in [6.45, 7) is 2.29. The van der Waals surface area contributed by atoms with Crippen molar-refractivity contribution in [3.05, 3.63) is 30.1 Å². The summed E-state index contributed by atoms with van der Waals surface area (Å²) in [7, 11) is 0. The zero-order chi connectivity index (χ0) is 13.8. The summed E-state index contributed by atoms with van der Waals surface area (Å²) in [4.78, 5) is 28.9. The molecule has 2 rings (SSSR count). The molecule has 19 heavy (non-hydrogen) atoms. The van der Waals surface area contributed by atoms with Crippen LogP contribution < -0.4 is 0 Å². The summed E-state index contributed by atoms with van der Waals surface area (Å²) < 4.78 is 0. The number of carboxylic acids is 1. The molecule has 1 fully saturated rings. The fraction of sp³-hybridized carbons (Fsp3) is 0.500. The molecule has 5 heteroatoms. The SMILES string of the molecule is C[C@H]1CC[C@@H](C(=O)O)CN1C(=O)Cc1ccncc1. The van der Waals surface area contributed by atoms with Crippen molar-refractivity contribution in [2.45, 2.75) is 32.2 Å². The van der Waals surface area contributed by atoms with Crippen LogP contribution in [0, 0.1) is 5.92 Å². The fourth-order valence-electron chi connectivity index (χ4n) is 2.43. The molecule has 0 saturated carbocycles. The quantitative estimate of drug-likeness (QED) is 0.892. The van der Waals surface area contributed by atoms with E-state index in [4.69, 9.17) is 5.11 Å². The molecule has 1 aliphatic rings. The lowest BCUT2D eigenvalue weighted by atomic mass is 9.93. The van der Waals surface area contributed by atoms with Gasteiger partial charge < -0.3 is 10.0 Å². The van der Waals surface area contributed by atoms with Crippen molar-refractivity contribution in [1.82, 2.24) is 9.88 Å². The highest BCUT2D eigenvalue weighted by molar-refractivity contribution is 5.80. The van der Waals surface area contributed by atoms with Gasteiger partial charge in [-0.2, -0.15) is 0 Å². The Labute approximate surface area is 112 Å². The Balaban J connectivity index is 2.02. The monoisotopic (exact) mass is 262 g/mol. The highest BCUT2D eigenvalue weighted by atomic mass is 16.4. The predicted octanol–water partition coefficient (Wildman–Crippen LogP) is 1.34. The second-order valence-corrected chi connectivity index (χ2v) is 5.04. The molecular weight excluding hydrogens is 244 g/mol. The van der Waals surface area contributed by atoms with E-state index in [-0.39, 0.29) is 11.9 Å². The van der Waals surface area contributed by atoms with Crippen LogP contribution in [-0.4, -0.2) is 39.5 Å². The van der Waals surface area contributed by atoms with Gasteiger partial charge in [-0.25, -0.2) is 0 Å². The Kier molecular flexibility index (Phi) is 4.14. The van der Waals surface area contributed by atoms with Gasteiger partial charge in [0.15, 0.2) is 0 Å². The van der Waals surface area contributed by atoms with E-state index in [9.17, 15) is 9.59 Å². The predicted molar refractivity (Wildman–Crippen MR) is 69.5 cm³/mol. The van der Waals surface area contributed by atoms with Crippen molar-refractivity contribution < 1.29 is 14.7 Å². The Morgan fingerprint density at radius 1 is 1.37 bits per heavy atom. The van der Waals surface area contributed by atoms with E-state index in [1.807, 2.05) is 6.92 Å². The third-order valence-electron chi connectivity index (χ3n) is 3.66. The number of amides is 1. The first-order chi connectivity index (χ1) is 9.08. The number of aromatic nitrogens is 1. The van der Waals surface area contributed by atoms with Gasteiger partial charge in [0.2, 0.25) is 5.91 Å². The van der Waals surface area contributed by atoms with Crippen LogP contribution >= 0.6 is 0 Å². The second kappa shape index (κ2) is 5.82. The minimum Gasteiger partial charge on any atom is -0.481 e. The van der Waals surface area contributed by atoms with Crippen LogP contribution in [0.2, 0.25) is 0 Å². The average molecular weight is 262 g/mol. The number of carboxylic acid groups (broad SMARTS) is 1. The van der Waals surface area contributed by atoms with Crippen LogP contribution in [0.3, 0.4) is 0 Å². The van der Waals surface area contributed by atoms with Crippen molar-refractivity contribution in [1.29, 1.82) is 0 Å².